The number of rotatable bonds is 10. The zero-order valence-electron chi connectivity index (χ0n) is 12.8. The maximum atomic E-state index is 11.8. The van der Waals surface area contributed by atoms with Gasteiger partial charge in [0.15, 0.2) is 10.1 Å². The lowest BCUT2D eigenvalue weighted by Crippen LogP contribution is -2.40. The minimum absolute atomic E-state index is 0.212. The van der Waals surface area contributed by atoms with Crippen molar-refractivity contribution in [3.63, 3.8) is 0 Å². The van der Waals surface area contributed by atoms with E-state index in [0.717, 1.165) is 0 Å². The average Bonchev–Trinajstić information content (AvgIpc) is 2.42. The van der Waals surface area contributed by atoms with Gasteiger partial charge >= 0.3 is 11.9 Å². The molecule has 0 aliphatic rings. The summed E-state index contributed by atoms with van der Waals surface area (Å²) in [4.78, 5) is 34.5. The monoisotopic (exact) mass is 362 g/mol. The van der Waals surface area contributed by atoms with Crippen LogP contribution in [-0.4, -0.2) is 35.3 Å². The number of carbonyl (C=O) groups is 3. The highest BCUT2D eigenvalue weighted by Crippen LogP contribution is 2.26. The molecule has 5 nitrogen and oxygen atoms in total. The van der Waals surface area contributed by atoms with Gasteiger partial charge in [0.25, 0.3) is 0 Å². The molecule has 0 aromatic rings. The van der Waals surface area contributed by atoms with Crippen molar-refractivity contribution in [2.45, 2.75) is 50.8 Å². The van der Waals surface area contributed by atoms with Gasteiger partial charge in [-0.25, -0.2) is 0 Å². The summed E-state index contributed by atoms with van der Waals surface area (Å²) in [5.41, 5.74) is 0. The molecule has 1 unspecified atom stereocenters. The van der Waals surface area contributed by atoms with Crippen LogP contribution in [0.15, 0.2) is 12.2 Å². The van der Waals surface area contributed by atoms with Gasteiger partial charge in [-0.2, -0.15) is 0 Å². The van der Waals surface area contributed by atoms with Crippen molar-refractivity contribution in [1.29, 1.82) is 0 Å². The molecule has 0 N–H and O–H groups in total. The lowest BCUT2D eigenvalue weighted by Gasteiger charge is -2.20. The second-order valence-corrected chi connectivity index (χ2v) is 5.80. The van der Waals surface area contributed by atoms with Crippen LogP contribution in [0.2, 0.25) is 0 Å². The molecule has 0 aliphatic carbocycles. The number of unbranched alkanes of at least 4 members (excludes halogenated alkanes) is 1. The molecule has 0 aromatic carbocycles. The first-order valence-corrected chi connectivity index (χ1v) is 7.85. The predicted octanol–water partition coefficient (Wildman–Crippen LogP) is 2.95. The van der Waals surface area contributed by atoms with E-state index in [-0.39, 0.29) is 24.8 Å². The van der Waals surface area contributed by atoms with Gasteiger partial charge in [0.1, 0.15) is 0 Å². The van der Waals surface area contributed by atoms with Gasteiger partial charge in [0.2, 0.25) is 0 Å². The van der Waals surface area contributed by atoms with Crippen molar-refractivity contribution in [1.82, 2.24) is 0 Å². The number of carbonyl (C=O) groups excluding carboxylic acids is 3. The number of esters is 2. The number of halogens is 1. The Morgan fingerprint density at radius 2 is 1.71 bits per heavy atom. The maximum absolute atomic E-state index is 11.8. The Labute approximate surface area is 134 Å². The molecule has 0 saturated carbocycles. The third-order valence-electron chi connectivity index (χ3n) is 2.78. The summed E-state index contributed by atoms with van der Waals surface area (Å²) in [6.07, 6.45) is 5.53. The molecular formula is C15H23BrO5. The van der Waals surface area contributed by atoms with E-state index in [1.165, 1.54) is 6.92 Å². The summed E-state index contributed by atoms with van der Waals surface area (Å²) in [6, 6.07) is 0. The van der Waals surface area contributed by atoms with Crippen molar-refractivity contribution in [3.05, 3.63) is 12.2 Å². The van der Waals surface area contributed by atoms with Crippen molar-refractivity contribution in [2.75, 3.05) is 13.2 Å². The van der Waals surface area contributed by atoms with E-state index in [0.29, 0.717) is 25.9 Å². The van der Waals surface area contributed by atoms with Crippen LogP contribution in [-0.2, 0) is 23.9 Å². The second kappa shape index (κ2) is 10.5. The lowest BCUT2D eigenvalue weighted by molar-refractivity contribution is -0.148. The molecule has 120 valence electrons. The van der Waals surface area contributed by atoms with Crippen LogP contribution in [0.5, 0.6) is 0 Å². The number of ketones is 1. The molecular weight excluding hydrogens is 340 g/mol. The van der Waals surface area contributed by atoms with Gasteiger partial charge in [-0.05, 0) is 40.0 Å². The average molecular weight is 363 g/mol. The van der Waals surface area contributed by atoms with E-state index in [1.54, 1.807) is 19.9 Å². The number of hydrogen-bond acceptors (Lipinski definition) is 5. The molecule has 0 aliphatic heterocycles. The van der Waals surface area contributed by atoms with Crippen LogP contribution in [0.1, 0.15) is 46.5 Å². The van der Waals surface area contributed by atoms with Gasteiger partial charge in [-0.15, -0.1) is 0 Å². The number of Topliss-reactive ketones (excluding diaryl/α,β-unsaturated/α-hetero) is 1. The van der Waals surface area contributed by atoms with E-state index in [4.69, 9.17) is 9.47 Å². The number of allylic oxidation sites excluding steroid dienone is 2. The van der Waals surface area contributed by atoms with Crippen LogP contribution >= 0.6 is 15.9 Å². The molecule has 0 heterocycles. The normalized spacial score (nSPS) is 13.7. The first-order chi connectivity index (χ1) is 9.88. The zero-order chi connectivity index (χ0) is 16.3. The minimum Gasteiger partial charge on any atom is -0.466 e. The van der Waals surface area contributed by atoms with Gasteiger partial charge in [-0.1, -0.05) is 28.1 Å². The van der Waals surface area contributed by atoms with Crippen LogP contribution in [0.25, 0.3) is 0 Å². The fourth-order valence-electron chi connectivity index (χ4n) is 1.58. The second-order valence-electron chi connectivity index (χ2n) is 4.45. The van der Waals surface area contributed by atoms with Crippen molar-refractivity contribution in [3.8, 4) is 0 Å². The summed E-state index contributed by atoms with van der Waals surface area (Å²) in [5, 5.41) is 0. The molecule has 0 rings (SSSR count). The molecule has 0 saturated heterocycles. The fraction of sp³-hybridized carbons (Fsp3) is 0.667. The lowest BCUT2D eigenvalue weighted by atomic mass is 10.0. The van der Waals surface area contributed by atoms with Crippen LogP contribution in [0.4, 0.5) is 0 Å². The smallest absolute Gasteiger partial charge is 0.330 e. The molecule has 0 radical (unpaired) electrons. The number of alkyl halides is 1. The highest BCUT2D eigenvalue weighted by Gasteiger charge is 2.41. The van der Waals surface area contributed by atoms with E-state index in [2.05, 4.69) is 15.9 Å². The Balaban J connectivity index is 4.25. The molecule has 6 heteroatoms. The van der Waals surface area contributed by atoms with E-state index < -0.39 is 10.3 Å². The maximum Gasteiger partial charge on any atom is 0.330 e. The number of ether oxygens (including phenoxy) is 2. The summed E-state index contributed by atoms with van der Waals surface area (Å²) >= 11 is 3.18. The topological polar surface area (TPSA) is 69.7 Å². The van der Waals surface area contributed by atoms with Crippen molar-refractivity contribution >= 4 is 33.7 Å². The van der Waals surface area contributed by atoms with Crippen molar-refractivity contribution in [2.24, 2.45) is 0 Å². The van der Waals surface area contributed by atoms with E-state index in [9.17, 15) is 14.4 Å². The fourth-order valence-corrected chi connectivity index (χ4v) is 1.88. The third kappa shape index (κ3) is 7.41. The molecule has 21 heavy (non-hydrogen) atoms. The molecule has 0 spiro atoms. The Hall–Kier alpha value is -1.17. The predicted molar refractivity (Wildman–Crippen MR) is 83.2 cm³/mol. The van der Waals surface area contributed by atoms with Crippen LogP contribution in [0.3, 0.4) is 0 Å². The Morgan fingerprint density at radius 1 is 1.10 bits per heavy atom. The zero-order valence-corrected chi connectivity index (χ0v) is 14.4. The van der Waals surface area contributed by atoms with E-state index >= 15 is 0 Å². The van der Waals surface area contributed by atoms with Crippen LogP contribution < -0.4 is 0 Å². The van der Waals surface area contributed by atoms with Gasteiger partial charge in [-0.3, -0.25) is 14.4 Å². The van der Waals surface area contributed by atoms with E-state index in [1.807, 2.05) is 6.08 Å². The minimum atomic E-state index is -1.32. The first-order valence-electron chi connectivity index (χ1n) is 7.06. The molecule has 0 aromatic heterocycles. The highest BCUT2D eigenvalue weighted by molar-refractivity contribution is 9.10. The molecule has 0 amide bonds. The Kier molecular flexibility index (Phi) is 9.95. The Bertz CT molecular complexity index is 392. The molecule has 0 bridgehead atoms. The summed E-state index contributed by atoms with van der Waals surface area (Å²) in [6.45, 7) is 5.42. The SMILES string of the molecule is CCOC(=O)CCCC=CCC(Br)(C(C)=O)C(=O)OCC. The van der Waals surface area contributed by atoms with Crippen LogP contribution in [0, 0.1) is 0 Å². The molecule has 1 atom stereocenters. The third-order valence-corrected chi connectivity index (χ3v) is 3.99. The molecule has 0 fully saturated rings. The number of hydrogen-bond donors (Lipinski definition) is 0. The quantitative estimate of drug-likeness (QED) is 0.196. The largest absolute Gasteiger partial charge is 0.466 e. The Morgan fingerprint density at radius 3 is 2.24 bits per heavy atom. The van der Waals surface area contributed by atoms with Gasteiger partial charge in [0.05, 0.1) is 13.2 Å². The summed E-state index contributed by atoms with van der Waals surface area (Å²) < 4.78 is 8.40. The highest BCUT2D eigenvalue weighted by atomic mass is 79.9. The first kappa shape index (κ1) is 19.8. The summed E-state index contributed by atoms with van der Waals surface area (Å²) in [7, 11) is 0. The summed E-state index contributed by atoms with van der Waals surface area (Å²) in [5.74, 6) is -1.08. The van der Waals surface area contributed by atoms with Gasteiger partial charge < -0.3 is 9.47 Å². The van der Waals surface area contributed by atoms with Gasteiger partial charge in [0, 0.05) is 6.42 Å². The van der Waals surface area contributed by atoms with Crippen molar-refractivity contribution < 1.29 is 23.9 Å². The standard InChI is InChI=1S/C15H23BrO5/c1-4-20-13(18)10-8-6-7-9-11-15(16,12(3)17)14(19)21-5-2/h7,9H,4-6,8,10-11H2,1-3H3.